The minimum absolute atomic E-state index is 0.649. The van der Waals surface area contributed by atoms with E-state index >= 15 is 0 Å². The number of nitrogens with zero attached hydrogens (tertiary/aromatic N) is 4. The van der Waals surface area contributed by atoms with Gasteiger partial charge in [-0.3, -0.25) is 9.80 Å². The first-order chi connectivity index (χ1) is 12.8. The van der Waals surface area contributed by atoms with Crippen LogP contribution in [0.15, 0.2) is 41.1 Å². The summed E-state index contributed by atoms with van der Waals surface area (Å²) in [5.74, 6) is 0.970. The van der Waals surface area contributed by atoms with Crippen molar-refractivity contribution in [2.24, 2.45) is 0 Å². The molecule has 1 atom stereocenters. The van der Waals surface area contributed by atoms with Crippen molar-refractivity contribution in [3.8, 4) is 5.75 Å². The molecule has 0 amide bonds. The highest BCUT2D eigenvalue weighted by atomic mass is 16.5. The molecular formula is C20H28N4O2. The maximum Gasteiger partial charge on any atom is 0.142 e. The molecule has 2 aromatic rings. The second-order valence-corrected chi connectivity index (χ2v) is 7.22. The van der Waals surface area contributed by atoms with Gasteiger partial charge in [0.05, 0.1) is 18.5 Å². The number of methoxy groups -OCH3 is 1. The van der Waals surface area contributed by atoms with E-state index in [-0.39, 0.29) is 0 Å². The molecule has 6 nitrogen and oxygen atoms in total. The molecule has 1 aromatic heterocycles. The van der Waals surface area contributed by atoms with E-state index < -0.39 is 0 Å². The highest BCUT2D eigenvalue weighted by Crippen LogP contribution is 2.29. The Morgan fingerprint density at radius 2 is 1.96 bits per heavy atom. The topological polar surface area (TPSA) is 45.0 Å². The van der Waals surface area contributed by atoms with Gasteiger partial charge in [-0.05, 0) is 31.5 Å². The Balaban J connectivity index is 1.32. The predicted molar refractivity (Wildman–Crippen MR) is 102 cm³/mol. The summed E-state index contributed by atoms with van der Waals surface area (Å²) in [6.07, 6.45) is 4.22. The number of hydrogen-bond donors (Lipinski definition) is 0. The van der Waals surface area contributed by atoms with E-state index in [4.69, 9.17) is 9.26 Å². The lowest BCUT2D eigenvalue weighted by molar-refractivity contribution is 0.0874. The van der Waals surface area contributed by atoms with Gasteiger partial charge >= 0.3 is 0 Å². The monoisotopic (exact) mass is 356 g/mol. The third kappa shape index (κ3) is 3.86. The van der Waals surface area contributed by atoms with Crippen molar-refractivity contribution in [2.45, 2.75) is 25.4 Å². The number of anilines is 1. The Bertz CT molecular complexity index is 683. The van der Waals surface area contributed by atoms with Crippen LogP contribution in [0, 0.1) is 0 Å². The van der Waals surface area contributed by atoms with Crippen molar-refractivity contribution in [1.29, 1.82) is 0 Å². The Labute approximate surface area is 155 Å². The minimum Gasteiger partial charge on any atom is -0.495 e. The summed E-state index contributed by atoms with van der Waals surface area (Å²) >= 11 is 0. The normalized spacial score (nSPS) is 22.5. The van der Waals surface area contributed by atoms with Gasteiger partial charge < -0.3 is 14.2 Å². The average Bonchev–Trinajstić information content (AvgIpc) is 3.21. The molecule has 140 valence electrons. The van der Waals surface area contributed by atoms with Crippen LogP contribution in [-0.4, -0.2) is 67.4 Å². The third-order valence-corrected chi connectivity index (χ3v) is 5.61. The molecule has 2 aliphatic rings. The lowest BCUT2D eigenvalue weighted by Gasteiger charge is -2.44. The van der Waals surface area contributed by atoms with Gasteiger partial charge in [0.15, 0.2) is 0 Å². The van der Waals surface area contributed by atoms with Crippen LogP contribution in [0.4, 0.5) is 5.69 Å². The Hall–Kier alpha value is -2.05. The summed E-state index contributed by atoms with van der Waals surface area (Å²) in [6.45, 7) is 7.52. The molecule has 3 heterocycles. The van der Waals surface area contributed by atoms with Crippen molar-refractivity contribution < 1.29 is 9.26 Å². The van der Waals surface area contributed by atoms with Crippen molar-refractivity contribution in [1.82, 2.24) is 15.0 Å². The van der Waals surface area contributed by atoms with Gasteiger partial charge in [-0.15, -0.1) is 0 Å². The van der Waals surface area contributed by atoms with E-state index in [9.17, 15) is 0 Å². The summed E-state index contributed by atoms with van der Waals surface area (Å²) in [5.41, 5.74) is 2.25. The van der Waals surface area contributed by atoms with E-state index in [2.05, 4.69) is 32.0 Å². The van der Waals surface area contributed by atoms with Gasteiger partial charge in [0, 0.05) is 51.4 Å². The van der Waals surface area contributed by atoms with E-state index in [1.54, 1.807) is 13.4 Å². The van der Waals surface area contributed by atoms with Crippen molar-refractivity contribution >= 4 is 5.69 Å². The summed E-state index contributed by atoms with van der Waals surface area (Å²) in [5, 5.41) is 4.06. The highest BCUT2D eigenvalue weighted by Gasteiger charge is 2.29. The zero-order valence-electron chi connectivity index (χ0n) is 15.5. The molecule has 2 saturated heterocycles. The Morgan fingerprint density at radius 3 is 2.73 bits per heavy atom. The molecule has 1 aromatic carbocycles. The lowest BCUT2D eigenvalue weighted by Crippen LogP contribution is -2.55. The summed E-state index contributed by atoms with van der Waals surface area (Å²) in [7, 11) is 1.75. The van der Waals surface area contributed by atoms with Crippen molar-refractivity contribution in [3.63, 3.8) is 0 Å². The van der Waals surface area contributed by atoms with E-state index in [1.165, 1.54) is 18.5 Å². The maximum atomic E-state index is 5.53. The summed E-state index contributed by atoms with van der Waals surface area (Å²) in [4.78, 5) is 7.63. The summed E-state index contributed by atoms with van der Waals surface area (Å²) < 4.78 is 10.5. The number of rotatable bonds is 5. The van der Waals surface area contributed by atoms with Crippen LogP contribution in [0.3, 0.4) is 0 Å². The standard InChI is InChI=1S/C20H28N4O2/c1-25-20-7-3-2-6-19(20)24-12-10-23(11-13-24)18-5-4-9-22(16-18)15-17-8-14-26-21-17/h2-3,6-8,14,18H,4-5,9-13,15-16H2,1H3. The first kappa shape index (κ1) is 17.4. The first-order valence-corrected chi connectivity index (χ1v) is 9.57. The number of hydrogen-bond acceptors (Lipinski definition) is 6. The number of aromatic nitrogens is 1. The van der Waals surface area contributed by atoms with Crippen LogP contribution in [0.1, 0.15) is 18.5 Å². The van der Waals surface area contributed by atoms with E-state index in [1.807, 2.05) is 18.2 Å². The fourth-order valence-corrected chi connectivity index (χ4v) is 4.24. The number of benzene rings is 1. The van der Waals surface area contributed by atoms with Gasteiger partial charge in [0.2, 0.25) is 0 Å². The number of para-hydroxylation sites is 2. The van der Waals surface area contributed by atoms with Gasteiger partial charge in [-0.25, -0.2) is 0 Å². The predicted octanol–water partition coefficient (Wildman–Crippen LogP) is 2.47. The number of ether oxygens (including phenoxy) is 1. The molecule has 4 rings (SSSR count). The van der Waals surface area contributed by atoms with E-state index in [0.29, 0.717) is 6.04 Å². The van der Waals surface area contributed by atoms with Gasteiger partial charge in [0.25, 0.3) is 0 Å². The van der Waals surface area contributed by atoms with Gasteiger partial charge in [-0.2, -0.15) is 0 Å². The smallest absolute Gasteiger partial charge is 0.142 e. The molecule has 2 aliphatic heterocycles. The van der Waals surface area contributed by atoms with Gasteiger partial charge in [0.1, 0.15) is 12.0 Å². The fraction of sp³-hybridized carbons (Fsp3) is 0.550. The van der Waals surface area contributed by atoms with Crippen LogP contribution in [0.5, 0.6) is 5.75 Å². The molecule has 0 radical (unpaired) electrons. The van der Waals surface area contributed by atoms with Crippen molar-refractivity contribution in [3.05, 3.63) is 42.3 Å². The number of piperidine rings is 1. The molecule has 0 N–H and O–H groups in total. The molecule has 6 heteroatoms. The number of piperazine rings is 1. The van der Waals surface area contributed by atoms with E-state index in [0.717, 1.165) is 57.3 Å². The third-order valence-electron chi connectivity index (χ3n) is 5.61. The first-order valence-electron chi connectivity index (χ1n) is 9.57. The zero-order valence-corrected chi connectivity index (χ0v) is 15.5. The molecule has 0 aliphatic carbocycles. The largest absolute Gasteiger partial charge is 0.495 e. The van der Waals surface area contributed by atoms with Crippen LogP contribution in [0.2, 0.25) is 0 Å². The minimum atomic E-state index is 0.649. The maximum absolute atomic E-state index is 5.53. The molecule has 2 fully saturated rings. The Morgan fingerprint density at radius 1 is 1.12 bits per heavy atom. The second kappa shape index (κ2) is 8.10. The molecule has 1 unspecified atom stereocenters. The van der Waals surface area contributed by atoms with Crippen molar-refractivity contribution in [2.75, 3.05) is 51.3 Å². The average molecular weight is 356 g/mol. The zero-order chi connectivity index (χ0) is 17.8. The Kier molecular flexibility index (Phi) is 5.41. The van der Waals surface area contributed by atoms with Crippen LogP contribution in [-0.2, 0) is 6.54 Å². The van der Waals surface area contributed by atoms with Crippen LogP contribution >= 0.6 is 0 Å². The number of likely N-dealkylation sites (tertiary alicyclic amines) is 1. The lowest BCUT2D eigenvalue weighted by atomic mass is 10.0. The SMILES string of the molecule is COc1ccccc1N1CCN(C2CCCN(Cc3ccon3)C2)CC1. The highest BCUT2D eigenvalue weighted by molar-refractivity contribution is 5.58. The molecule has 26 heavy (non-hydrogen) atoms. The molecular weight excluding hydrogens is 328 g/mol. The van der Waals surface area contributed by atoms with Crippen LogP contribution < -0.4 is 9.64 Å². The molecule has 0 saturated carbocycles. The summed E-state index contributed by atoms with van der Waals surface area (Å²) in [6, 6.07) is 10.9. The fourth-order valence-electron chi connectivity index (χ4n) is 4.24. The molecule has 0 bridgehead atoms. The quantitative estimate of drug-likeness (QED) is 0.820. The molecule has 0 spiro atoms. The van der Waals surface area contributed by atoms with Gasteiger partial charge in [-0.1, -0.05) is 17.3 Å². The van der Waals surface area contributed by atoms with Crippen LogP contribution in [0.25, 0.3) is 0 Å². The second-order valence-electron chi connectivity index (χ2n) is 7.22.